The molecule has 0 spiro atoms. The van der Waals surface area contributed by atoms with Crippen LogP contribution in [0, 0.1) is 5.82 Å². The van der Waals surface area contributed by atoms with Crippen LogP contribution in [0.4, 0.5) is 10.2 Å². The summed E-state index contributed by atoms with van der Waals surface area (Å²) in [7, 11) is 2.17. The Labute approximate surface area is 186 Å². The molecule has 1 aliphatic rings. The van der Waals surface area contributed by atoms with Crippen LogP contribution >= 0.6 is 0 Å². The molecule has 1 N–H and O–H groups in total. The quantitative estimate of drug-likeness (QED) is 0.486. The topological polar surface area (TPSA) is 58.9 Å². The van der Waals surface area contributed by atoms with E-state index in [4.69, 9.17) is 0 Å². The normalized spacial score (nSPS) is 15.2. The number of benzene rings is 1. The summed E-state index contributed by atoms with van der Waals surface area (Å²) >= 11 is 0. The summed E-state index contributed by atoms with van der Waals surface area (Å²) in [5.74, 6) is 0.244. The highest BCUT2D eigenvalue weighted by atomic mass is 19.1. The largest absolute Gasteiger partial charge is 0.340 e. The lowest BCUT2D eigenvalue weighted by atomic mass is 10.0. The third-order valence-electron chi connectivity index (χ3n) is 6.05. The van der Waals surface area contributed by atoms with Crippen molar-refractivity contribution in [3.8, 4) is 11.1 Å². The van der Waals surface area contributed by atoms with Crippen molar-refractivity contribution in [3.63, 3.8) is 0 Å². The third-order valence-corrected chi connectivity index (χ3v) is 6.05. The number of rotatable bonds is 5. The smallest absolute Gasteiger partial charge is 0.142 e. The second kappa shape index (κ2) is 8.51. The first-order chi connectivity index (χ1) is 15.5. The molecule has 1 aromatic carbocycles. The zero-order valence-electron chi connectivity index (χ0n) is 18.0. The minimum absolute atomic E-state index is 0.401. The van der Waals surface area contributed by atoms with Crippen molar-refractivity contribution in [2.24, 2.45) is 0 Å². The molecule has 0 amide bonds. The number of aromatic nitrogens is 4. The minimum Gasteiger partial charge on any atom is -0.340 e. The second-order valence-corrected chi connectivity index (χ2v) is 8.37. The molecule has 4 aromatic rings. The summed E-state index contributed by atoms with van der Waals surface area (Å²) in [4.78, 5) is 10.7. The van der Waals surface area contributed by atoms with Crippen molar-refractivity contribution >= 4 is 22.3 Å². The summed E-state index contributed by atoms with van der Waals surface area (Å²) in [5.41, 5.74) is 3.34. The van der Waals surface area contributed by atoms with E-state index in [1.54, 1.807) is 6.20 Å². The Hall–Kier alpha value is -3.58. The van der Waals surface area contributed by atoms with Gasteiger partial charge >= 0.3 is 0 Å². The molecule has 1 aliphatic heterocycles. The maximum Gasteiger partial charge on any atom is 0.142 e. The van der Waals surface area contributed by atoms with Crippen LogP contribution in [0.25, 0.3) is 27.6 Å². The zero-order chi connectivity index (χ0) is 22.1. The molecule has 7 heteroatoms. The molecular weight excluding hydrogens is 403 g/mol. The molecular formula is C25H25FN6. The molecule has 4 heterocycles. The number of hydrogen-bond donors (Lipinski definition) is 1. The van der Waals surface area contributed by atoms with Gasteiger partial charge in [0.2, 0.25) is 0 Å². The molecule has 1 fully saturated rings. The molecule has 0 unspecified atom stereocenters. The number of pyridine rings is 2. The molecule has 5 rings (SSSR count). The number of piperidine rings is 1. The van der Waals surface area contributed by atoms with Gasteiger partial charge in [0.15, 0.2) is 0 Å². The maximum absolute atomic E-state index is 13.5. The van der Waals surface area contributed by atoms with Gasteiger partial charge in [0.05, 0.1) is 18.4 Å². The summed E-state index contributed by atoms with van der Waals surface area (Å²) in [5, 5.41) is 9.89. The molecule has 0 atom stereocenters. The van der Waals surface area contributed by atoms with Crippen LogP contribution in [0.3, 0.4) is 0 Å². The lowest BCUT2D eigenvalue weighted by molar-refractivity contribution is 0.212. The van der Waals surface area contributed by atoms with Crippen LogP contribution in [-0.2, 0) is 0 Å². The highest BCUT2D eigenvalue weighted by Gasteiger charge is 2.19. The van der Waals surface area contributed by atoms with Crippen molar-refractivity contribution < 1.29 is 4.39 Å². The van der Waals surface area contributed by atoms with E-state index in [1.807, 2.05) is 18.5 Å². The number of hydrogen-bond acceptors (Lipinski definition) is 5. The molecule has 162 valence electrons. The van der Waals surface area contributed by atoms with E-state index in [0.717, 1.165) is 47.8 Å². The fourth-order valence-electron chi connectivity index (χ4n) is 4.14. The Balaban J connectivity index is 1.37. The predicted octanol–water partition coefficient (Wildman–Crippen LogP) is 4.98. The average Bonchev–Trinajstić information content (AvgIpc) is 3.29. The Kier molecular flexibility index (Phi) is 5.41. The van der Waals surface area contributed by atoms with Crippen molar-refractivity contribution in [1.82, 2.24) is 24.6 Å². The van der Waals surface area contributed by atoms with Gasteiger partial charge in [0.1, 0.15) is 11.6 Å². The van der Waals surface area contributed by atoms with Gasteiger partial charge in [-0.25, -0.2) is 9.37 Å². The van der Waals surface area contributed by atoms with Crippen LogP contribution < -0.4 is 5.32 Å². The fraction of sp³-hybridized carbons (Fsp3) is 0.240. The highest BCUT2D eigenvalue weighted by Crippen LogP contribution is 2.28. The summed E-state index contributed by atoms with van der Waals surface area (Å²) in [6.45, 7) is 6.20. The van der Waals surface area contributed by atoms with Gasteiger partial charge in [-0.1, -0.05) is 18.7 Å². The Bertz CT molecular complexity index is 1270. The van der Waals surface area contributed by atoms with E-state index < -0.39 is 5.82 Å². The molecule has 3 aromatic heterocycles. The number of anilines is 1. The highest BCUT2D eigenvalue weighted by molar-refractivity contribution is 5.89. The average molecular weight is 429 g/mol. The van der Waals surface area contributed by atoms with Crippen LogP contribution in [0.2, 0.25) is 0 Å². The van der Waals surface area contributed by atoms with Gasteiger partial charge in [-0.2, -0.15) is 5.10 Å². The monoisotopic (exact) mass is 428 g/mol. The molecule has 0 aliphatic carbocycles. The third kappa shape index (κ3) is 4.24. The zero-order valence-corrected chi connectivity index (χ0v) is 18.0. The summed E-state index contributed by atoms with van der Waals surface area (Å²) in [6, 6.07) is 10.1. The van der Waals surface area contributed by atoms with Crippen LogP contribution in [0.5, 0.6) is 0 Å². The van der Waals surface area contributed by atoms with Crippen LogP contribution in [0.15, 0.2) is 67.9 Å². The van der Waals surface area contributed by atoms with Gasteiger partial charge in [-0.05, 0) is 62.1 Å². The SMILES string of the molecule is C=C(Nc1cc2cc(-c3cnn(C4CCN(C)CC4)c3)ccc2cn1)c1cncc(F)c1. The van der Waals surface area contributed by atoms with Gasteiger partial charge in [0.25, 0.3) is 0 Å². The molecule has 0 bridgehead atoms. The summed E-state index contributed by atoms with van der Waals surface area (Å²) < 4.78 is 15.6. The van der Waals surface area contributed by atoms with Crippen LogP contribution in [-0.4, -0.2) is 44.8 Å². The van der Waals surface area contributed by atoms with Crippen molar-refractivity contribution in [1.29, 1.82) is 0 Å². The van der Waals surface area contributed by atoms with E-state index >= 15 is 0 Å². The van der Waals surface area contributed by atoms with E-state index in [1.165, 1.54) is 12.3 Å². The molecule has 1 saturated heterocycles. The number of fused-ring (bicyclic) bond motifs is 1. The first kappa shape index (κ1) is 20.3. The number of nitrogens with zero attached hydrogens (tertiary/aromatic N) is 5. The summed E-state index contributed by atoms with van der Waals surface area (Å²) in [6.07, 6.45) is 10.9. The first-order valence-electron chi connectivity index (χ1n) is 10.7. The first-order valence-corrected chi connectivity index (χ1v) is 10.7. The predicted molar refractivity (Wildman–Crippen MR) is 126 cm³/mol. The standard InChI is InChI=1S/C25H25FN6/c1-17(21-10-23(26)15-27-12-21)30-25-11-20-9-18(3-4-19(20)13-28-25)22-14-29-32(16-22)24-5-7-31(2)8-6-24/h3-4,9-16,24H,1,5-8H2,2H3,(H,28,30). The molecule has 6 nitrogen and oxygen atoms in total. The molecule has 32 heavy (non-hydrogen) atoms. The second-order valence-electron chi connectivity index (χ2n) is 8.37. The van der Waals surface area contributed by atoms with E-state index in [2.05, 4.69) is 68.0 Å². The lowest BCUT2D eigenvalue weighted by Gasteiger charge is -2.28. The van der Waals surface area contributed by atoms with Gasteiger partial charge < -0.3 is 10.2 Å². The van der Waals surface area contributed by atoms with Crippen LogP contribution in [0.1, 0.15) is 24.4 Å². The van der Waals surface area contributed by atoms with Crippen molar-refractivity contribution in [3.05, 3.63) is 79.3 Å². The fourth-order valence-corrected chi connectivity index (χ4v) is 4.14. The van der Waals surface area contributed by atoms with Crippen molar-refractivity contribution in [2.75, 3.05) is 25.5 Å². The Morgan fingerprint density at radius 3 is 2.69 bits per heavy atom. The van der Waals surface area contributed by atoms with Gasteiger partial charge in [-0.3, -0.25) is 9.67 Å². The number of likely N-dealkylation sites (tertiary alicyclic amines) is 1. The number of nitrogens with one attached hydrogen (secondary N) is 1. The lowest BCUT2D eigenvalue weighted by Crippen LogP contribution is -2.31. The molecule has 0 saturated carbocycles. The van der Waals surface area contributed by atoms with Gasteiger partial charge in [-0.15, -0.1) is 0 Å². The van der Waals surface area contributed by atoms with E-state index in [0.29, 0.717) is 23.1 Å². The Morgan fingerprint density at radius 2 is 1.88 bits per heavy atom. The number of halogens is 1. The van der Waals surface area contributed by atoms with E-state index in [-0.39, 0.29) is 0 Å². The minimum atomic E-state index is -0.401. The van der Waals surface area contributed by atoms with Crippen molar-refractivity contribution in [2.45, 2.75) is 18.9 Å². The Morgan fingerprint density at radius 1 is 1.03 bits per heavy atom. The molecule has 0 radical (unpaired) electrons. The van der Waals surface area contributed by atoms with E-state index in [9.17, 15) is 4.39 Å². The maximum atomic E-state index is 13.5. The van der Waals surface area contributed by atoms with Gasteiger partial charge in [0, 0.05) is 40.8 Å².